The Hall–Kier alpha value is -1.63. The zero-order chi connectivity index (χ0) is 13.8. The number of hydrogen-bond donors (Lipinski definition) is 3. The quantitative estimate of drug-likeness (QED) is 0.662. The Labute approximate surface area is 109 Å². The van der Waals surface area contributed by atoms with Crippen molar-refractivity contribution in [3.8, 4) is 11.5 Å². The number of ketones is 1. The van der Waals surface area contributed by atoms with Gasteiger partial charge in [-0.2, -0.15) is 0 Å². The molecule has 0 saturated carbocycles. The smallest absolute Gasteiger partial charge is 0.175 e. The number of carbonyl (C=O) groups excluding carboxylic acids is 1. The average molecular weight is 266 g/mol. The Bertz CT molecular complexity index is 554. The summed E-state index contributed by atoms with van der Waals surface area (Å²) < 4.78 is 10.1. The van der Waals surface area contributed by atoms with Crippen LogP contribution in [0.5, 0.6) is 11.5 Å². The number of Topliss-reactive ketones (excluding diaryl/α,β-unsaturated/α-hetero) is 1. The average Bonchev–Trinajstić information content (AvgIpc) is 2.79. The highest BCUT2D eigenvalue weighted by atomic mass is 16.5. The van der Waals surface area contributed by atoms with Crippen LogP contribution in [-0.2, 0) is 4.74 Å². The molecule has 3 N–H and O–H groups in total. The molecule has 1 saturated heterocycles. The molecule has 0 radical (unpaired) electrons. The molecule has 6 nitrogen and oxygen atoms in total. The van der Waals surface area contributed by atoms with Gasteiger partial charge in [0.05, 0.1) is 31.8 Å². The maximum atomic E-state index is 12.3. The highest BCUT2D eigenvalue weighted by molar-refractivity contribution is 6.04. The molecule has 0 spiro atoms. The third-order valence-electron chi connectivity index (χ3n) is 3.91. The van der Waals surface area contributed by atoms with E-state index < -0.39 is 23.4 Å². The zero-order valence-corrected chi connectivity index (χ0v) is 10.3. The summed E-state index contributed by atoms with van der Waals surface area (Å²) in [4.78, 5) is 12.3. The molecule has 6 heteroatoms. The molecule has 0 aromatic heterocycles. The van der Waals surface area contributed by atoms with E-state index in [2.05, 4.69) is 0 Å². The highest BCUT2D eigenvalue weighted by Gasteiger charge is 2.57. The number of hydrogen-bond acceptors (Lipinski definition) is 6. The molecule has 2 aliphatic rings. The van der Waals surface area contributed by atoms with Crippen LogP contribution in [0.1, 0.15) is 22.0 Å². The minimum atomic E-state index is -1.64. The molecule has 1 fully saturated rings. The van der Waals surface area contributed by atoms with Crippen LogP contribution in [0.15, 0.2) is 12.1 Å². The zero-order valence-electron chi connectivity index (χ0n) is 10.3. The molecule has 19 heavy (non-hydrogen) atoms. The number of aromatic hydroxyl groups is 1. The topological polar surface area (TPSA) is 96.2 Å². The predicted octanol–water partition coefficient (Wildman–Crippen LogP) is 0.00800. The number of methoxy groups -OCH3 is 1. The van der Waals surface area contributed by atoms with E-state index in [4.69, 9.17) is 9.47 Å². The molecule has 0 unspecified atom stereocenters. The van der Waals surface area contributed by atoms with E-state index in [0.29, 0.717) is 5.75 Å². The molecular weight excluding hydrogens is 252 g/mol. The van der Waals surface area contributed by atoms with Crippen molar-refractivity contribution in [2.75, 3.05) is 20.3 Å². The van der Waals surface area contributed by atoms with Gasteiger partial charge in [0.15, 0.2) is 5.78 Å². The van der Waals surface area contributed by atoms with Crippen molar-refractivity contribution in [1.82, 2.24) is 0 Å². The molecule has 0 bridgehead atoms. The van der Waals surface area contributed by atoms with Gasteiger partial charge in [-0.15, -0.1) is 0 Å². The number of rotatable bonds is 1. The van der Waals surface area contributed by atoms with Gasteiger partial charge in [0.1, 0.15) is 23.2 Å². The Morgan fingerprint density at radius 2 is 2.21 bits per heavy atom. The first-order chi connectivity index (χ1) is 8.99. The summed E-state index contributed by atoms with van der Waals surface area (Å²) in [6.45, 7) is -0.0702. The van der Waals surface area contributed by atoms with Crippen LogP contribution in [0.3, 0.4) is 0 Å². The fourth-order valence-corrected chi connectivity index (χ4v) is 2.82. The number of phenolic OH excluding ortho intramolecular Hbond substituents is 1. The lowest BCUT2D eigenvalue weighted by Gasteiger charge is -2.37. The normalized spacial score (nSPS) is 32.9. The van der Waals surface area contributed by atoms with E-state index in [0.717, 1.165) is 0 Å². The van der Waals surface area contributed by atoms with Gasteiger partial charge in [-0.05, 0) is 6.07 Å². The number of benzene rings is 1. The summed E-state index contributed by atoms with van der Waals surface area (Å²) in [6.07, 6.45) is -1.30. The van der Waals surface area contributed by atoms with E-state index in [9.17, 15) is 20.1 Å². The maximum Gasteiger partial charge on any atom is 0.175 e. The summed E-state index contributed by atoms with van der Waals surface area (Å²) in [5, 5.41) is 30.7. The van der Waals surface area contributed by atoms with Gasteiger partial charge in [0.2, 0.25) is 0 Å². The summed E-state index contributed by atoms with van der Waals surface area (Å²) in [5.74, 6) is -1.22. The third kappa shape index (κ3) is 1.51. The van der Waals surface area contributed by atoms with Gasteiger partial charge in [-0.1, -0.05) is 0 Å². The van der Waals surface area contributed by atoms with Gasteiger partial charge in [-0.3, -0.25) is 4.79 Å². The van der Waals surface area contributed by atoms with Crippen molar-refractivity contribution < 1.29 is 29.6 Å². The van der Waals surface area contributed by atoms with Gasteiger partial charge in [0, 0.05) is 11.6 Å². The lowest BCUT2D eigenvalue weighted by atomic mass is 9.71. The number of aliphatic hydroxyl groups excluding tert-OH is 1. The van der Waals surface area contributed by atoms with Gasteiger partial charge < -0.3 is 24.8 Å². The minimum Gasteiger partial charge on any atom is -0.507 e. The molecule has 1 aliphatic heterocycles. The molecular formula is C13H14O6. The lowest BCUT2D eigenvalue weighted by Crippen LogP contribution is -2.50. The number of ether oxygens (including phenoxy) is 2. The standard InChI is InChI=1S/C13H14O6/c1-18-6-2-7-10(9(14)3-6)11(15)8-4-19-5-13(8,17)12(7)16/h2-3,8,12,14,16-17H,4-5H2,1H3/t8-,12+,13-/m1/s1. The van der Waals surface area contributed by atoms with Crippen molar-refractivity contribution in [3.63, 3.8) is 0 Å². The van der Waals surface area contributed by atoms with Gasteiger partial charge in [0.25, 0.3) is 0 Å². The summed E-state index contributed by atoms with van der Waals surface area (Å²) >= 11 is 0. The molecule has 3 atom stereocenters. The Balaban J connectivity index is 2.22. The first kappa shape index (κ1) is 12.4. The highest BCUT2D eigenvalue weighted by Crippen LogP contribution is 2.47. The Morgan fingerprint density at radius 1 is 1.47 bits per heavy atom. The fraction of sp³-hybridized carbons (Fsp3) is 0.462. The van der Waals surface area contributed by atoms with Crippen LogP contribution in [0.25, 0.3) is 0 Å². The van der Waals surface area contributed by atoms with E-state index in [1.54, 1.807) is 0 Å². The van der Waals surface area contributed by atoms with Crippen molar-refractivity contribution in [2.24, 2.45) is 5.92 Å². The molecule has 0 amide bonds. The number of phenols is 1. The molecule has 1 aliphatic carbocycles. The number of carbonyl (C=O) groups is 1. The third-order valence-corrected chi connectivity index (χ3v) is 3.91. The van der Waals surface area contributed by atoms with Crippen molar-refractivity contribution in [3.05, 3.63) is 23.3 Å². The van der Waals surface area contributed by atoms with Crippen LogP contribution in [0.4, 0.5) is 0 Å². The van der Waals surface area contributed by atoms with E-state index in [-0.39, 0.29) is 30.1 Å². The van der Waals surface area contributed by atoms with Gasteiger partial charge >= 0.3 is 0 Å². The Kier molecular flexibility index (Phi) is 2.57. The predicted molar refractivity (Wildman–Crippen MR) is 63.2 cm³/mol. The van der Waals surface area contributed by atoms with Crippen molar-refractivity contribution in [1.29, 1.82) is 0 Å². The van der Waals surface area contributed by atoms with Crippen molar-refractivity contribution >= 4 is 5.78 Å². The Morgan fingerprint density at radius 3 is 2.89 bits per heavy atom. The second-order valence-corrected chi connectivity index (χ2v) is 4.94. The summed E-state index contributed by atoms with van der Waals surface area (Å²) in [7, 11) is 1.41. The van der Waals surface area contributed by atoms with Crippen LogP contribution in [-0.4, -0.2) is 47.0 Å². The molecule has 102 valence electrons. The number of fused-ring (bicyclic) bond motifs is 2. The first-order valence-corrected chi connectivity index (χ1v) is 5.92. The second kappa shape index (κ2) is 3.93. The lowest BCUT2D eigenvalue weighted by molar-refractivity contribution is -0.0979. The van der Waals surface area contributed by atoms with Crippen LogP contribution in [0, 0.1) is 5.92 Å². The maximum absolute atomic E-state index is 12.3. The first-order valence-electron chi connectivity index (χ1n) is 5.92. The molecule has 1 aromatic rings. The number of aliphatic hydroxyl groups is 2. The molecule has 3 rings (SSSR count). The van der Waals surface area contributed by atoms with E-state index in [1.807, 2.05) is 0 Å². The van der Waals surface area contributed by atoms with Gasteiger partial charge in [-0.25, -0.2) is 0 Å². The van der Waals surface area contributed by atoms with E-state index in [1.165, 1.54) is 19.2 Å². The summed E-state index contributed by atoms with van der Waals surface area (Å²) in [6, 6.07) is 2.76. The second-order valence-electron chi connectivity index (χ2n) is 4.94. The van der Waals surface area contributed by atoms with Crippen LogP contribution < -0.4 is 4.74 Å². The van der Waals surface area contributed by atoms with Crippen LogP contribution in [0.2, 0.25) is 0 Å². The van der Waals surface area contributed by atoms with Crippen LogP contribution >= 0.6 is 0 Å². The summed E-state index contributed by atoms with van der Waals surface area (Å²) in [5.41, 5.74) is -1.43. The SMILES string of the molecule is COc1cc(O)c2c(c1)[C@H](O)[C@@]1(O)COC[C@@H]1C2=O. The fourth-order valence-electron chi connectivity index (χ4n) is 2.82. The van der Waals surface area contributed by atoms with Crippen molar-refractivity contribution in [2.45, 2.75) is 11.7 Å². The minimum absolute atomic E-state index is 0.0356. The van der Waals surface area contributed by atoms with E-state index >= 15 is 0 Å². The monoisotopic (exact) mass is 266 g/mol. The molecule has 1 aromatic carbocycles. The largest absolute Gasteiger partial charge is 0.507 e. The molecule has 1 heterocycles.